The summed E-state index contributed by atoms with van der Waals surface area (Å²) in [6.07, 6.45) is 1.80. The maximum Gasteiger partial charge on any atom is 0.275 e. The van der Waals surface area contributed by atoms with Crippen LogP contribution in [0.5, 0.6) is 5.75 Å². The van der Waals surface area contributed by atoms with Crippen molar-refractivity contribution in [1.29, 1.82) is 0 Å². The Morgan fingerprint density at radius 3 is 2.73 bits per heavy atom. The van der Waals surface area contributed by atoms with Crippen molar-refractivity contribution in [3.8, 4) is 5.75 Å². The van der Waals surface area contributed by atoms with E-state index in [0.717, 1.165) is 22.4 Å². The average molecular weight is 292 g/mol. The van der Waals surface area contributed by atoms with Crippen molar-refractivity contribution < 1.29 is 9.53 Å². The molecule has 1 heterocycles. The second-order valence-corrected chi connectivity index (χ2v) is 5.03. The van der Waals surface area contributed by atoms with Crippen LogP contribution in [-0.4, -0.2) is 18.9 Å². The van der Waals surface area contributed by atoms with Gasteiger partial charge >= 0.3 is 0 Å². The number of rotatable bonds is 3. The highest BCUT2D eigenvalue weighted by molar-refractivity contribution is 6.19. The third-order valence-corrected chi connectivity index (χ3v) is 3.52. The number of aryl methyl sites for hydroxylation is 1. The van der Waals surface area contributed by atoms with Gasteiger partial charge in [-0.05, 0) is 36.3 Å². The van der Waals surface area contributed by atoms with Gasteiger partial charge in [0.25, 0.3) is 5.91 Å². The van der Waals surface area contributed by atoms with Gasteiger partial charge in [0.15, 0.2) is 0 Å². The maximum absolute atomic E-state index is 12.1. The molecule has 0 unspecified atom stereocenters. The summed E-state index contributed by atoms with van der Waals surface area (Å²) in [6.45, 7) is 2.01. The van der Waals surface area contributed by atoms with E-state index in [0.29, 0.717) is 11.5 Å². The molecule has 4 nitrogen and oxygen atoms in total. The van der Waals surface area contributed by atoms with Crippen molar-refractivity contribution >= 4 is 17.8 Å². The molecule has 0 fully saturated rings. The van der Waals surface area contributed by atoms with E-state index in [1.165, 1.54) is 0 Å². The average Bonchev–Trinajstić information content (AvgIpc) is 2.91. The molecule has 110 valence electrons. The fourth-order valence-corrected chi connectivity index (χ4v) is 2.27. The number of nitrogens with zero attached hydrogens (tertiary/aromatic N) is 1. The fraction of sp³-hybridized carbons (Fsp3) is 0.111. The molecule has 0 bridgehead atoms. The second kappa shape index (κ2) is 5.85. The first kappa shape index (κ1) is 14.1. The number of ether oxygens (including phenoxy) is 1. The van der Waals surface area contributed by atoms with E-state index in [4.69, 9.17) is 4.74 Å². The molecular weight excluding hydrogens is 276 g/mol. The molecule has 22 heavy (non-hydrogen) atoms. The lowest BCUT2D eigenvalue weighted by Gasteiger charge is -2.03. The maximum atomic E-state index is 12.1. The Bertz CT molecular complexity index is 791. The highest BCUT2D eigenvalue weighted by Gasteiger charge is 2.21. The largest absolute Gasteiger partial charge is 0.497 e. The van der Waals surface area contributed by atoms with Gasteiger partial charge < -0.3 is 10.1 Å². The Morgan fingerprint density at radius 1 is 1.14 bits per heavy atom. The standard InChI is InChI=1S/C18H16N2O2/c1-12-6-3-4-7-13(12)11-16-18(21)20-17(19-16)14-8-5-9-15(10-14)22-2/h3-11H,1-2H3,(H,19,20,21)/b16-11-. The van der Waals surface area contributed by atoms with Crippen molar-refractivity contribution in [1.82, 2.24) is 5.32 Å². The molecule has 0 saturated heterocycles. The van der Waals surface area contributed by atoms with Crippen LogP contribution >= 0.6 is 0 Å². The van der Waals surface area contributed by atoms with E-state index >= 15 is 0 Å². The molecule has 2 aromatic carbocycles. The number of hydrogen-bond donors (Lipinski definition) is 1. The SMILES string of the molecule is COc1cccc(C2=N/C(=C\c3ccccc3C)C(=O)N2)c1. The van der Waals surface area contributed by atoms with Gasteiger partial charge in [-0.1, -0.05) is 36.4 Å². The molecule has 1 amide bonds. The number of carbonyl (C=O) groups excluding carboxylic acids is 1. The number of aliphatic imine (C=N–C) groups is 1. The van der Waals surface area contributed by atoms with Crippen molar-refractivity contribution in [2.45, 2.75) is 6.92 Å². The van der Waals surface area contributed by atoms with Crippen molar-refractivity contribution in [2.24, 2.45) is 4.99 Å². The van der Waals surface area contributed by atoms with Crippen molar-refractivity contribution in [3.05, 3.63) is 70.9 Å². The lowest BCUT2D eigenvalue weighted by molar-refractivity contribution is -0.115. The predicted molar refractivity (Wildman–Crippen MR) is 86.8 cm³/mol. The Morgan fingerprint density at radius 2 is 1.95 bits per heavy atom. The summed E-state index contributed by atoms with van der Waals surface area (Å²) in [5.74, 6) is 1.08. The number of hydrogen-bond acceptors (Lipinski definition) is 3. The molecule has 3 rings (SSSR count). The van der Waals surface area contributed by atoms with Crippen LogP contribution in [0.4, 0.5) is 0 Å². The third kappa shape index (κ3) is 2.76. The number of nitrogens with one attached hydrogen (secondary N) is 1. The van der Waals surface area contributed by atoms with Crippen molar-refractivity contribution in [3.63, 3.8) is 0 Å². The van der Waals surface area contributed by atoms with Gasteiger partial charge in [-0.2, -0.15) is 0 Å². The van der Waals surface area contributed by atoms with E-state index in [1.807, 2.05) is 55.5 Å². The van der Waals surface area contributed by atoms with Crippen LogP contribution in [0, 0.1) is 6.92 Å². The summed E-state index contributed by atoms with van der Waals surface area (Å²) in [4.78, 5) is 16.5. The molecule has 0 saturated carbocycles. The lowest BCUT2D eigenvalue weighted by atomic mass is 10.1. The van der Waals surface area contributed by atoms with Gasteiger partial charge in [-0.3, -0.25) is 4.79 Å². The molecule has 0 spiro atoms. The molecule has 2 aromatic rings. The Labute approximate surface area is 129 Å². The van der Waals surface area contributed by atoms with Gasteiger partial charge in [-0.15, -0.1) is 0 Å². The second-order valence-electron chi connectivity index (χ2n) is 5.03. The van der Waals surface area contributed by atoms with Gasteiger partial charge in [0, 0.05) is 5.56 Å². The zero-order chi connectivity index (χ0) is 15.5. The summed E-state index contributed by atoms with van der Waals surface area (Å²) in [5, 5.41) is 2.80. The third-order valence-electron chi connectivity index (χ3n) is 3.52. The molecular formula is C18H16N2O2. The Balaban J connectivity index is 1.96. The minimum absolute atomic E-state index is 0.193. The van der Waals surface area contributed by atoms with Gasteiger partial charge in [-0.25, -0.2) is 4.99 Å². The van der Waals surface area contributed by atoms with Crippen LogP contribution in [0.15, 0.2) is 59.2 Å². The molecule has 0 aromatic heterocycles. The van der Waals surface area contributed by atoms with Crippen LogP contribution < -0.4 is 10.1 Å². The highest BCUT2D eigenvalue weighted by atomic mass is 16.5. The van der Waals surface area contributed by atoms with E-state index in [1.54, 1.807) is 13.2 Å². The molecule has 1 aliphatic heterocycles. The predicted octanol–water partition coefficient (Wildman–Crippen LogP) is 2.92. The van der Waals surface area contributed by atoms with Crippen LogP contribution in [0.1, 0.15) is 16.7 Å². The zero-order valence-corrected chi connectivity index (χ0v) is 12.5. The monoisotopic (exact) mass is 292 g/mol. The summed E-state index contributed by atoms with van der Waals surface area (Å²) >= 11 is 0. The number of amidine groups is 1. The van der Waals surface area contributed by atoms with Crippen LogP contribution in [0.2, 0.25) is 0 Å². The van der Waals surface area contributed by atoms with Crippen LogP contribution in [-0.2, 0) is 4.79 Å². The quantitative estimate of drug-likeness (QED) is 0.884. The normalized spacial score (nSPS) is 15.6. The first-order chi connectivity index (χ1) is 10.7. The molecule has 4 heteroatoms. The van der Waals surface area contributed by atoms with E-state index < -0.39 is 0 Å². The van der Waals surface area contributed by atoms with E-state index in [-0.39, 0.29) is 5.91 Å². The van der Waals surface area contributed by atoms with E-state index in [2.05, 4.69) is 10.3 Å². The summed E-state index contributed by atoms with van der Waals surface area (Å²) in [7, 11) is 1.61. The fourth-order valence-electron chi connectivity index (χ4n) is 2.27. The topological polar surface area (TPSA) is 50.7 Å². The highest BCUT2D eigenvalue weighted by Crippen LogP contribution is 2.19. The molecule has 0 radical (unpaired) electrons. The first-order valence-corrected chi connectivity index (χ1v) is 6.99. The molecule has 1 N–H and O–H groups in total. The number of benzene rings is 2. The zero-order valence-electron chi connectivity index (χ0n) is 12.5. The minimum Gasteiger partial charge on any atom is -0.497 e. The minimum atomic E-state index is -0.193. The van der Waals surface area contributed by atoms with Gasteiger partial charge in [0.05, 0.1) is 7.11 Å². The van der Waals surface area contributed by atoms with Gasteiger partial charge in [0.1, 0.15) is 17.3 Å². The Hall–Kier alpha value is -2.88. The smallest absolute Gasteiger partial charge is 0.275 e. The first-order valence-electron chi connectivity index (χ1n) is 6.99. The summed E-state index contributed by atoms with van der Waals surface area (Å²) < 4.78 is 5.20. The van der Waals surface area contributed by atoms with Gasteiger partial charge in [0.2, 0.25) is 0 Å². The summed E-state index contributed by atoms with van der Waals surface area (Å²) in [6, 6.07) is 15.3. The Kier molecular flexibility index (Phi) is 3.74. The number of carbonyl (C=O) groups is 1. The number of methoxy groups -OCH3 is 1. The van der Waals surface area contributed by atoms with Crippen LogP contribution in [0.25, 0.3) is 6.08 Å². The van der Waals surface area contributed by atoms with Crippen LogP contribution in [0.3, 0.4) is 0 Å². The van der Waals surface area contributed by atoms with E-state index in [9.17, 15) is 4.79 Å². The molecule has 0 atom stereocenters. The lowest BCUT2D eigenvalue weighted by Crippen LogP contribution is -2.24. The summed E-state index contributed by atoms with van der Waals surface area (Å²) in [5.41, 5.74) is 3.32. The molecule has 1 aliphatic rings. The number of amides is 1. The van der Waals surface area contributed by atoms with Crippen molar-refractivity contribution in [2.75, 3.05) is 7.11 Å². The molecule has 0 aliphatic carbocycles.